The van der Waals surface area contributed by atoms with E-state index in [1.165, 1.54) is 19.1 Å². The highest BCUT2D eigenvalue weighted by Gasteiger charge is 2.34. The Morgan fingerprint density at radius 2 is 1.79 bits per heavy atom. The second kappa shape index (κ2) is 9.09. The van der Waals surface area contributed by atoms with Gasteiger partial charge in [0.05, 0.1) is 32.1 Å². The zero-order valence-electron chi connectivity index (χ0n) is 15.9. The summed E-state index contributed by atoms with van der Waals surface area (Å²) in [5.41, 5.74) is 1.55. The Bertz CT molecular complexity index is 943. The highest BCUT2D eigenvalue weighted by Crippen LogP contribution is 2.36. The van der Waals surface area contributed by atoms with Crippen molar-refractivity contribution < 1.29 is 28.9 Å². The van der Waals surface area contributed by atoms with Crippen molar-refractivity contribution in [2.45, 2.75) is 6.10 Å². The molecule has 2 aromatic carbocycles. The van der Waals surface area contributed by atoms with Crippen molar-refractivity contribution in [3.05, 3.63) is 76.0 Å². The standard InChI is InChI=1S/C21H20ClNO6/c1-27-20(25)16-11-29-12-23(18(16)21(26)28-2)17-10-14(22)8-9-15(17)19(24)13-6-4-3-5-7-13/h3-10,19,24H,11-12H2,1-2H3. The van der Waals surface area contributed by atoms with Gasteiger partial charge in [0.1, 0.15) is 18.5 Å². The van der Waals surface area contributed by atoms with E-state index in [0.717, 1.165) is 0 Å². The van der Waals surface area contributed by atoms with E-state index in [-0.39, 0.29) is 24.6 Å². The summed E-state index contributed by atoms with van der Waals surface area (Å²) in [7, 11) is 2.43. The third kappa shape index (κ3) is 4.27. The number of anilines is 1. The van der Waals surface area contributed by atoms with Crippen molar-refractivity contribution >= 4 is 29.2 Å². The van der Waals surface area contributed by atoms with Crippen LogP contribution in [0.25, 0.3) is 0 Å². The van der Waals surface area contributed by atoms with Crippen molar-refractivity contribution in [3.8, 4) is 0 Å². The molecule has 2 aromatic rings. The number of rotatable bonds is 5. The number of ether oxygens (including phenoxy) is 3. The molecule has 1 aliphatic heterocycles. The van der Waals surface area contributed by atoms with E-state index in [0.29, 0.717) is 21.8 Å². The van der Waals surface area contributed by atoms with E-state index in [1.807, 2.05) is 18.2 Å². The van der Waals surface area contributed by atoms with Crippen molar-refractivity contribution in [2.75, 3.05) is 32.5 Å². The summed E-state index contributed by atoms with van der Waals surface area (Å²) in [6, 6.07) is 13.9. The van der Waals surface area contributed by atoms with E-state index in [2.05, 4.69) is 0 Å². The number of carbonyl (C=O) groups excluding carboxylic acids is 2. The fourth-order valence-corrected chi connectivity index (χ4v) is 3.30. The van der Waals surface area contributed by atoms with Gasteiger partial charge in [-0.05, 0) is 17.7 Å². The van der Waals surface area contributed by atoms with Crippen molar-refractivity contribution in [1.82, 2.24) is 0 Å². The molecule has 0 fully saturated rings. The monoisotopic (exact) mass is 417 g/mol. The number of nitrogens with zero attached hydrogens (tertiary/aromatic N) is 1. The van der Waals surface area contributed by atoms with E-state index in [1.54, 1.807) is 30.3 Å². The molecule has 0 spiro atoms. The lowest BCUT2D eigenvalue weighted by molar-refractivity contribution is -0.140. The van der Waals surface area contributed by atoms with Gasteiger partial charge < -0.3 is 24.2 Å². The molecule has 0 bridgehead atoms. The lowest BCUT2D eigenvalue weighted by Crippen LogP contribution is -2.39. The molecule has 0 aliphatic carbocycles. The number of hydrogen-bond donors (Lipinski definition) is 1. The predicted molar refractivity (Wildman–Crippen MR) is 106 cm³/mol. The number of halogens is 1. The molecule has 7 nitrogen and oxygen atoms in total. The van der Waals surface area contributed by atoms with Gasteiger partial charge in [-0.3, -0.25) is 0 Å². The van der Waals surface area contributed by atoms with Crippen LogP contribution in [0.1, 0.15) is 17.2 Å². The smallest absolute Gasteiger partial charge is 0.355 e. The second-order valence-electron chi connectivity index (χ2n) is 6.23. The summed E-state index contributed by atoms with van der Waals surface area (Å²) < 4.78 is 15.2. The Balaban J connectivity index is 2.17. The number of benzene rings is 2. The zero-order valence-corrected chi connectivity index (χ0v) is 16.7. The van der Waals surface area contributed by atoms with Gasteiger partial charge in [-0.1, -0.05) is 48.0 Å². The minimum absolute atomic E-state index is 0.0191. The minimum Gasteiger partial charge on any atom is -0.466 e. The highest BCUT2D eigenvalue weighted by atomic mass is 35.5. The number of hydrogen-bond acceptors (Lipinski definition) is 7. The Labute approximate surface area is 173 Å². The molecule has 29 heavy (non-hydrogen) atoms. The van der Waals surface area contributed by atoms with Gasteiger partial charge in [0, 0.05) is 10.6 Å². The van der Waals surface area contributed by atoms with E-state index >= 15 is 0 Å². The Hall–Kier alpha value is -2.87. The molecule has 1 atom stereocenters. The molecule has 0 radical (unpaired) electrons. The van der Waals surface area contributed by atoms with Crippen LogP contribution in [0.4, 0.5) is 5.69 Å². The molecule has 152 valence electrons. The van der Waals surface area contributed by atoms with E-state index < -0.39 is 18.0 Å². The van der Waals surface area contributed by atoms with Crippen LogP contribution in [0, 0.1) is 0 Å². The quantitative estimate of drug-likeness (QED) is 0.748. The van der Waals surface area contributed by atoms with Gasteiger partial charge in [0.15, 0.2) is 0 Å². The first kappa shape index (κ1) is 20.9. The molecule has 1 aliphatic rings. The summed E-state index contributed by atoms with van der Waals surface area (Å²) in [6.07, 6.45) is -0.995. The molecule has 0 amide bonds. The average Bonchev–Trinajstić information content (AvgIpc) is 2.77. The lowest BCUT2D eigenvalue weighted by atomic mass is 9.98. The van der Waals surface area contributed by atoms with Gasteiger partial charge in [0.2, 0.25) is 0 Å². The Morgan fingerprint density at radius 1 is 1.10 bits per heavy atom. The summed E-state index contributed by atoms with van der Waals surface area (Å²) in [4.78, 5) is 26.2. The van der Waals surface area contributed by atoms with Crippen LogP contribution in [0.3, 0.4) is 0 Å². The average molecular weight is 418 g/mol. The molecule has 1 heterocycles. The third-order valence-corrected chi connectivity index (χ3v) is 4.76. The second-order valence-corrected chi connectivity index (χ2v) is 6.67. The lowest BCUT2D eigenvalue weighted by Gasteiger charge is -2.33. The number of aliphatic hydroxyl groups excluding tert-OH is 1. The largest absolute Gasteiger partial charge is 0.466 e. The Morgan fingerprint density at radius 3 is 2.45 bits per heavy atom. The SMILES string of the molecule is COC(=O)C1=C(C(=O)OC)N(c2cc(Cl)ccc2C(O)c2ccccc2)COC1. The molecule has 0 saturated heterocycles. The normalized spacial score (nSPS) is 15.1. The van der Waals surface area contributed by atoms with Gasteiger partial charge in [-0.15, -0.1) is 0 Å². The van der Waals surface area contributed by atoms with Crippen LogP contribution in [-0.4, -0.2) is 44.6 Å². The van der Waals surface area contributed by atoms with Gasteiger partial charge in [-0.25, -0.2) is 9.59 Å². The third-order valence-electron chi connectivity index (χ3n) is 4.53. The number of esters is 2. The molecular formula is C21H20ClNO6. The molecule has 0 aromatic heterocycles. The topological polar surface area (TPSA) is 85.3 Å². The predicted octanol–water partition coefficient (Wildman–Crippen LogP) is 2.82. The summed E-state index contributed by atoms with van der Waals surface area (Å²) in [5.74, 6) is -1.43. The maximum Gasteiger partial charge on any atom is 0.355 e. The van der Waals surface area contributed by atoms with Gasteiger partial charge in [0.25, 0.3) is 0 Å². The fraction of sp³-hybridized carbons (Fsp3) is 0.238. The first-order valence-corrected chi connectivity index (χ1v) is 9.13. The van der Waals surface area contributed by atoms with Crippen molar-refractivity contribution in [1.29, 1.82) is 0 Å². The van der Waals surface area contributed by atoms with Crippen molar-refractivity contribution in [3.63, 3.8) is 0 Å². The summed E-state index contributed by atoms with van der Waals surface area (Å²) in [5, 5.41) is 11.4. The molecule has 0 saturated carbocycles. The van der Waals surface area contributed by atoms with Crippen LogP contribution in [-0.2, 0) is 23.8 Å². The van der Waals surface area contributed by atoms with Crippen LogP contribution >= 0.6 is 11.6 Å². The maximum absolute atomic E-state index is 12.5. The molecule has 1 unspecified atom stereocenters. The fourth-order valence-electron chi connectivity index (χ4n) is 3.13. The number of aliphatic hydroxyl groups is 1. The number of carbonyl (C=O) groups is 2. The maximum atomic E-state index is 12.5. The molecule has 3 rings (SSSR count). The molecule has 1 N–H and O–H groups in total. The first-order valence-electron chi connectivity index (χ1n) is 8.75. The minimum atomic E-state index is -0.995. The van der Waals surface area contributed by atoms with Crippen LogP contribution in [0.5, 0.6) is 0 Å². The van der Waals surface area contributed by atoms with Crippen LogP contribution in [0.2, 0.25) is 5.02 Å². The van der Waals surface area contributed by atoms with Gasteiger partial charge >= 0.3 is 11.9 Å². The first-order chi connectivity index (χ1) is 14.0. The molecule has 8 heteroatoms. The van der Waals surface area contributed by atoms with Crippen molar-refractivity contribution in [2.24, 2.45) is 0 Å². The van der Waals surface area contributed by atoms with E-state index in [4.69, 9.17) is 25.8 Å². The number of methoxy groups -OCH3 is 2. The van der Waals surface area contributed by atoms with E-state index in [9.17, 15) is 14.7 Å². The van der Waals surface area contributed by atoms with Crippen LogP contribution < -0.4 is 4.90 Å². The van der Waals surface area contributed by atoms with Gasteiger partial charge in [-0.2, -0.15) is 0 Å². The van der Waals surface area contributed by atoms with Crippen LogP contribution in [0.15, 0.2) is 59.8 Å². The molecular weight excluding hydrogens is 398 g/mol. The zero-order chi connectivity index (χ0) is 21.0. The summed E-state index contributed by atoms with van der Waals surface area (Å²) in [6.45, 7) is -0.148. The highest BCUT2D eigenvalue weighted by molar-refractivity contribution is 6.31. The Kier molecular flexibility index (Phi) is 6.53. The summed E-state index contributed by atoms with van der Waals surface area (Å²) >= 11 is 6.20.